The fourth-order valence-electron chi connectivity index (χ4n) is 3.13. The Hall–Kier alpha value is -2.62. The summed E-state index contributed by atoms with van der Waals surface area (Å²) in [5.74, 6) is -0.155. The summed E-state index contributed by atoms with van der Waals surface area (Å²) in [6, 6.07) is 15.4. The van der Waals surface area contributed by atoms with Gasteiger partial charge < -0.3 is 10.2 Å². The number of aryl methyl sites for hydroxylation is 2. The third kappa shape index (κ3) is 4.72. The fraction of sp³-hybridized carbons (Fsp3) is 0.364. The van der Waals surface area contributed by atoms with Crippen molar-refractivity contribution in [3.05, 3.63) is 70.8 Å². The van der Waals surface area contributed by atoms with E-state index in [1.807, 2.05) is 69.3 Å². The Labute approximate surface area is 156 Å². The lowest BCUT2D eigenvalue weighted by molar-refractivity contribution is -0.140. The zero-order chi connectivity index (χ0) is 19.1. The van der Waals surface area contributed by atoms with Gasteiger partial charge in [0.15, 0.2) is 0 Å². The molecule has 4 nitrogen and oxygen atoms in total. The van der Waals surface area contributed by atoms with E-state index in [1.165, 1.54) is 0 Å². The lowest BCUT2D eigenvalue weighted by Gasteiger charge is -2.31. The van der Waals surface area contributed by atoms with Gasteiger partial charge in [-0.05, 0) is 42.5 Å². The summed E-state index contributed by atoms with van der Waals surface area (Å²) in [6.07, 6.45) is 0.872. The van der Waals surface area contributed by atoms with Crippen molar-refractivity contribution in [2.24, 2.45) is 0 Å². The molecule has 0 aliphatic carbocycles. The average Bonchev–Trinajstić information content (AvgIpc) is 2.64. The Morgan fingerprint density at radius 1 is 0.962 bits per heavy atom. The number of amides is 2. The fourth-order valence-corrected chi connectivity index (χ4v) is 3.13. The van der Waals surface area contributed by atoms with Crippen LogP contribution in [0.25, 0.3) is 0 Å². The summed E-state index contributed by atoms with van der Waals surface area (Å²) < 4.78 is 0. The minimum atomic E-state index is -0.476. The van der Waals surface area contributed by atoms with Crippen molar-refractivity contribution >= 4 is 11.8 Å². The van der Waals surface area contributed by atoms with Crippen LogP contribution in [0.15, 0.2) is 48.5 Å². The second-order valence-corrected chi connectivity index (χ2v) is 6.59. The number of hydrogen-bond acceptors (Lipinski definition) is 2. The number of carbonyl (C=O) groups excluding carboxylic acids is 2. The molecule has 1 atom stereocenters. The molecule has 0 saturated heterocycles. The maximum atomic E-state index is 13.1. The highest BCUT2D eigenvalue weighted by atomic mass is 16.2. The molecule has 26 heavy (non-hydrogen) atoms. The second-order valence-electron chi connectivity index (χ2n) is 6.59. The van der Waals surface area contributed by atoms with Gasteiger partial charge in [0.05, 0.1) is 6.42 Å². The molecule has 138 valence electrons. The Kier molecular flexibility index (Phi) is 6.96. The van der Waals surface area contributed by atoms with Gasteiger partial charge in [0.25, 0.3) is 0 Å². The lowest BCUT2D eigenvalue weighted by atomic mass is 10.0. The Morgan fingerprint density at radius 3 is 2.00 bits per heavy atom. The molecule has 0 aliphatic heterocycles. The monoisotopic (exact) mass is 352 g/mol. The smallest absolute Gasteiger partial charge is 0.242 e. The largest absolute Gasteiger partial charge is 0.357 e. The summed E-state index contributed by atoms with van der Waals surface area (Å²) in [4.78, 5) is 27.2. The van der Waals surface area contributed by atoms with Crippen LogP contribution in [0.5, 0.6) is 0 Å². The van der Waals surface area contributed by atoms with E-state index in [1.54, 1.807) is 11.9 Å². The molecule has 2 amide bonds. The highest BCUT2D eigenvalue weighted by Crippen LogP contribution is 2.18. The van der Waals surface area contributed by atoms with Crippen LogP contribution in [0.3, 0.4) is 0 Å². The van der Waals surface area contributed by atoms with E-state index in [0.717, 1.165) is 22.3 Å². The van der Waals surface area contributed by atoms with Gasteiger partial charge in [-0.25, -0.2) is 0 Å². The summed E-state index contributed by atoms with van der Waals surface area (Å²) in [5.41, 5.74) is 4.27. The number of carbonyl (C=O) groups is 2. The summed E-state index contributed by atoms with van der Waals surface area (Å²) >= 11 is 0. The van der Waals surface area contributed by atoms with Crippen molar-refractivity contribution in [2.75, 3.05) is 7.05 Å². The third-order valence-electron chi connectivity index (χ3n) is 4.84. The summed E-state index contributed by atoms with van der Waals surface area (Å²) in [5, 5.41) is 2.69. The minimum Gasteiger partial charge on any atom is -0.357 e. The van der Waals surface area contributed by atoms with E-state index >= 15 is 0 Å². The molecular formula is C22H28N2O2. The topological polar surface area (TPSA) is 49.4 Å². The Balaban J connectivity index is 2.32. The molecule has 0 radical (unpaired) electrons. The summed E-state index contributed by atoms with van der Waals surface area (Å²) in [7, 11) is 1.61. The molecule has 0 spiro atoms. The predicted octanol–water partition coefficient (Wildman–Crippen LogP) is 3.40. The highest BCUT2D eigenvalue weighted by molar-refractivity contribution is 5.88. The molecule has 2 rings (SSSR count). The number of nitrogens with one attached hydrogen (secondary N) is 1. The van der Waals surface area contributed by atoms with Crippen molar-refractivity contribution in [1.29, 1.82) is 0 Å². The van der Waals surface area contributed by atoms with Gasteiger partial charge in [0.1, 0.15) is 6.04 Å². The zero-order valence-electron chi connectivity index (χ0n) is 16.1. The molecule has 0 aromatic heterocycles. The van der Waals surface area contributed by atoms with Gasteiger partial charge >= 0.3 is 0 Å². The molecule has 2 aromatic rings. The van der Waals surface area contributed by atoms with E-state index in [2.05, 4.69) is 5.32 Å². The molecule has 1 N–H and O–H groups in total. The van der Waals surface area contributed by atoms with Gasteiger partial charge in [0.2, 0.25) is 11.8 Å². The standard InChI is InChI=1S/C22H28N2O2/c1-5-20(22(26)23-4)24(15-19-13-9-7-11-17(19)3)21(25)14-18-12-8-6-10-16(18)2/h6-13,20H,5,14-15H2,1-4H3,(H,23,26). The SMILES string of the molecule is CCC(C(=O)NC)N(Cc1ccccc1C)C(=O)Cc1ccccc1C. The Morgan fingerprint density at radius 2 is 1.50 bits per heavy atom. The molecule has 4 heteroatoms. The Bertz CT molecular complexity index is 770. The van der Waals surface area contributed by atoms with Gasteiger partial charge in [0, 0.05) is 13.6 Å². The van der Waals surface area contributed by atoms with Gasteiger partial charge in [-0.2, -0.15) is 0 Å². The van der Waals surface area contributed by atoms with Crippen LogP contribution in [0, 0.1) is 13.8 Å². The lowest BCUT2D eigenvalue weighted by Crippen LogP contribution is -2.48. The second kappa shape index (κ2) is 9.18. The van der Waals surface area contributed by atoms with Crippen molar-refractivity contribution in [3.8, 4) is 0 Å². The average molecular weight is 352 g/mol. The molecule has 0 saturated carbocycles. The number of hydrogen-bond donors (Lipinski definition) is 1. The zero-order valence-corrected chi connectivity index (χ0v) is 16.1. The number of likely N-dealkylation sites (N-methyl/N-ethyl adjacent to an activating group) is 1. The van der Waals surface area contributed by atoms with Crippen LogP contribution >= 0.6 is 0 Å². The van der Waals surface area contributed by atoms with Gasteiger partial charge in [-0.1, -0.05) is 55.5 Å². The van der Waals surface area contributed by atoms with E-state index in [9.17, 15) is 9.59 Å². The molecule has 1 unspecified atom stereocenters. The molecule has 0 bridgehead atoms. The molecule has 0 aliphatic rings. The molecule has 2 aromatic carbocycles. The van der Waals surface area contributed by atoms with Crippen LogP contribution < -0.4 is 5.32 Å². The maximum Gasteiger partial charge on any atom is 0.242 e. The van der Waals surface area contributed by atoms with Crippen LogP contribution in [0.4, 0.5) is 0 Å². The minimum absolute atomic E-state index is 0.0296. The van der Waals surface area contributed by atoms with E-state index < -0.39 is 6.04 Å². The van der Waals surface area contributed by atoms with Crippen LogP contribution in [-0.4, -0.2) is 29.8 Å². The maximum absolute atomic E-state index is 13.1. The van der Waals surface area contributed by atoms with Crippen LogP contribution in [0.2, 0.25) is 0 Å². The molecule has 0 heterocycles. The van der Waals surface area contributed by atoms with Crippen molar-refractivity contribution in [3.63, 3.8) is 0 Å². The predicted molar refractivity (Wildman–Crippen MR) is 105 cm³/mol. The highest BCUT2D eigenvalue weighted by Gasteiger charge is 2.28. The first-order chi connectivity index (χ1) is 12.5. The number of benzene rings is 2. The van der Waals surface area contributed by atoms with E-state index in [-0.39, 0.29) is 11.8 Å². The molecule has 0 fully saturated rings. The van der Waals surface area contributed by atoms with Crippen LogP contribution in [-0.2, 0) is 22.6 Å². The first-order valence-electron chi connectivity index (χ1n) is 9.08. The number of rotatable bonds is 7. The third-order valence-corrected chi connectivity index (χ3v) is 4.84. The van der Waals surface area contributed by atoms with Crippen LogP contribution in [0.1, 0.15) is 35.6 Å². The van der Waals surface area contributed by atoms with E-state index in [0.29, 0.717) is 19.4 Å². The van der Waals surface area contributed by atoms with E-state index in [4.69, 9.17) is 0 Å². The first-order valence-corrected chi connectivity index (χ1v) is 9.08. The van der Waals surface area contributed by atoms with Gasteiger partial charge in [-0.15, -0.1) is 0 Å². The number of nitrogens with zero attached hydrogens (tertiary/aromatic N) is 1. The van der Waals surface area contributed by atoms with Crippen molar-refractivity contribution < 1.29 is 9.59 Å². The van der Waals surface area contributed by atoms with Crippen molar-refractivity contribution in [2.45, 2.75) is 46.2 Å². The van der Waals surface area contributed by atoms with Gasteiger partial charge in [-0.3, -0.25) is 9.59 Å². The summed E-state index contributed by atoms with van der Waals surface area (Å²) in [6.45, 7) is 6.40. The van der Waals surface area contributed by atoms with Crippen molar-refractivity contribution in [1.82, 2.24) is 10.2 Å². The normalized spacial score (nSPS) is 11.7. The quantitative estimate of drug-likeness (QED) is 0.830. The first kappa shape index (κ1) is 19.7. The molecular weight excluding hydrogens is 324 g/mol.